The van der Waals surface area contributed by atoms with Crippen molar-refractivity contribution in [3.63, 3.8) is 0 Å². The molecule has 0 aromatic heterocycles. The third kappa shape index (κ3) is 3.58. The standard InChI is InChI=1S/C10H8.CH2O2.BrH/c1-2-6-10-8-4-3-7-9(10)5-1;2-1-3;/h1-8H;1H,(H,2,3);1H. The molecular weight excluding hydrogens is 244 g/mol. The lowest BCUT2D eigenvalue weighted by molar-refractivity contribution is -0.122. The summed E-state index contributed by atoms with van der Waals surface area (Å²) in [5.74, 6) is 0. The summed E-state index contributed by atoms with van der Waals surface area (Å²) in [4.78, 5) is 8.36. The molecule has 3 heteroatoms. The highest BCUT2D eigenvalue weighted by atomic mass is 79.9. The number of halogens is 1. The van der Waals surface area contributed by atoms with Crippen molar-refractivity contribution in [2.24, 2.45) is 0 Å². The van der Waals surface area contributed by atoms with Crippen molar-refractivity contribution >= 4 is 34.2 Å². The Balaban J connectivity index is 0.000000381. The van der Waals surface area contributed by atoms with Crippen LogP contribution in [0.4, 0.5) is 0 Å². The largest absolute Gasteiger partial charge is 0.483 e. The first-order valence-corrected chi connectivity index (χ1v) is 3.90. The van der Waals surface area contributed by atoms with E-state index in [0.29, 0.717) is 0 Å². The average molecular weight is 255 g/mol. The van der Waals surface area contributed by atoms with Gasteiger partial charge < -0.3 is 5.11 Å². The summed E-state index contributed by atoms with van der Waals surface area (Å²) in [7, 11) is 0. The van der Waals surface area contributed by atoms with Gasteiger partial charge in [-0.15, -0.1) is 17.0 Å². The fourth-order valence-corrected chi connectivity index (χ4v) is 1.13. The lowest BCUT2D eigenvalue weighted by Gasteiger charge is -1.92. The normalized spacial score (nSPS) is 8.00. The van der Waals surface area contributed by atoms with E-state index >= 15 is 0 Å². The fraction of sp³-hybridized carbons (Fsp3) is 0. The van der Waals surface area contributed by atoms with Gasteiger partial charge in [-0.05, 0) is 10.8 Å². The summed E-state index contributed by atoms with van der Waals surface area (Å²) in [5.41, 5.74) is 0. The van der Waals surface area contributed by atoms with Gasteiger partial charge in [0.1, 0.15) is 0 Å². The van der Waals surface area contributed by atoms with Gasteiger partial charge in [0.25, 0.3) is 6.47 Å². The summed E-state index contributed by atoms with van der Waals surface area (Å²) in [6.07, 6.45) is 0. The molecule has 0 bridgehead atoms. The Morgan fingerprint density at radius 2 is 1.07 bits per heavy atom. The van der Waals surface area contributed by atoms with E-state index in [4.69, 9.17) is 9.90 Å². The minimum atomic E-state index is -0.250. The number of benzene rings is 2. The minimum Gasteiger partial charge on any atom is -0.483 e. The molecule has 0 saturated heterocycles. The molecule has 0 amide bonds. The van der Waals surface area contributed by atoms with Crippen LogP contribution in [0.5, 0.6) is 0 Å². The molecule has 0 aliphatic heterocycles. The van der Waals surface area contributed by atoms with E-state index in [2.05, 4.69) is 48.5 Å². The molecule has 2 aromatic rings. The first-order valence-electron chi connectivity index (χ1n) is 3.90. The highest BCUT2D eigenvalue weighted by Gasteiger charge is 1.85. The van der Waals surface area contributed by atoms with Gasteiger partial charge in [0.05, 0.1) is 0 Å². The second kappa shape index (κ2) is 7.09. The zero-order valence-electron chi connectivity index (χ0n) is 7.46. The van der Waals surface area contributed by atoms with Gasteiger partial charge in [-0.25, -0.2) is 0 Å². The second-order valence-electron chi connectivity index (χ2n) is 2.45. The van der Waals surface area contributed by atoms with Crippen molar-refractivity contribution in [2.45, 2.75) is 0 Å². The van der Waals surface area contributed by atoms with Crippen LogP contribution in [0.3, 0.4) is 0 Å². The van der Waals surface area contributed by atoms with Gasteiger partial charge >= 0.3 is 0 Å². The van der Waals surface area contributed by atoms with Crippen LogP contribution in [0.2, 0.25) is 0 Å². The number of rotatable bonds is 0. The number of hydrogen-bond acceptors (Lipinski definition) is 1. The second-order valence-corrected chi connectivity index (χ2v) is 2.45. The van der Waals surface area contributed by atoms with E-state index in [0.717, 1.165) is 0 Å². The van der Waals surface area contributed by atoms with Crippen LogP contribution in [0.15, 0.2) is 48.5 Å². The van der Waals surface area contributed by atoms with E-state index in [-0.39, 0.29) is 23.5 Å². The molecule has 0 aliphatic carbocycles. The molecule has 0 radical (unpaired) electrons. The first-order chi connectivity index (χ1) is 6.38. The number of carbonyl (C=O) groups is 1. The molecule has 2 rings (SSSR count). The predicted octanol–water partition coefficient (Wildman–Crippen LogP) is 3.12. The van der Waals surface area contributed by atoms with Gasteiger partial charge in [-0.2, -0.15) is 0 Å². The van der Waals surface area contributed by atoms with E-state index in [1.165, 1.54) is 10.8 Å². The summed E-state index contributed by atoms with van der Waals surface area (Å²) in [5, 5.41) is 9.51. The van der Waals surface area contributed by atoms with Gasteiger partial charge in [0.2, 0.25) is 0 Å². The van der Waals surface area contributed by atoms with E-state index < -0.39 is 0 Å². The molecule has 1 N–H and O–H groups in total. The van der Waals surface area contributed by atoms with Gasteiger partial charge in [0.15, 0.2) is 0 Å². The smallest absolute Gasteiger partial charge is 0.290 e. The molecule has 0 fully saturated rings. The van der Waals surface area contributed by atoms with E-state index in [1.54, 1.807) is 0 Å². The number of hydrogen-bond donors (Lipinski definition) is 1. The molecule has 0 heterocycles. The van der Waals surface area contributed by atoms with E-state index in [1.807, 2.05) is 0 Å². The average Bonchev–Trinajstić information content (AvgIpc) is 2.19. The van der Waals surface area contributed by atoms with Crippen LogP contribution in [-0.4, -0.2) is 11.6 Å². The Morgan fingerprint density at radius 1 is 0.857 bits per heavy atom. The van der Waals surface area contributed by atoms with Gasteiger partial charge in [-0.3, -0.25) is 4.79 Å². The summed E-state index contributed by atoms with van der Waals surface area (Å²) < 4.78 is 0. The maximum Gasteiger partial charge on any atom is 0.290 e. The monoisotopic (exact) mass is 254 g/mol. The van der Waals surface area contributed by atoms with Crippen LogP contribution < -0.4 is 0 Å². The first kappa shape index (κ1) is 12.7. The summed E-state index contributed by atoms with van der Waals surface area (Å²) >= 11 is 0. The maximum absolute atomic E-state index is 8.36. The SMILES string of the molecule is Br.O=CO.c1ccc2ccccc2c1. The molecule has 14 heavy (non-hydrogen) atoms. The zero-order chi connectivity index (χ0) is 9.52. The van der Waals surface area contributed by atoms with Gasteiger partial charge in [0, 0.05) is 0 Å². The Kier molecular flexibility index (Phi) is 6.41. The third-order valence-electron chi connectivity index (χ3n) is 1.66. The lowest BCUT2D eigenvalue weighted by Crippen LogP contribution is -1.67. The molecule has 2 nitrogen and oxygen atoms in total. The molecule has 2 aromatic carbocycles. The van der Waals surface area contributed by atoms with E-state index in [9.17, 15) is 0 Å². The summed E-state index contributed by atoms with van der Waals surface area (Å²) in [6, 6.07) is 16.7. The minimum absolute atomic E-state index is 0. The molecule has 0 aliphatic rings. The molecule has 0 unspecified atom stereocenters. The van der Waals surface area contributed by atoms with Crippen LogP contribution in [0, 0.1) is 0 Å². The quantitative estimate of drug-likeness (QED) is 0.734. The zero-order valence-corrected chi connectivity index (χ0v) is 9.17. The van der Waals surface area contributed by atoms with Crippen molar-refractivity contribution in [3.8, 4) is 0 Å². The third-order valence-corrected chi connectivity index (χ3v) is 1.66. The van der Waals surface area contributed by atoms with Crippen LogP contribution >= 0.6 is 17.0 Å². The van der Waals surface area contributed by atoms with Crippen molar-refractivity contribution in [3.05, 3.63) is 48.5 Å². The summed E-state index contributed by atoms with van der Waals surface area (Å²) in [6.45, 7) is -0.250. The fourth-order valence-electron chi connectivity index (χ4n) is 1.13. The number of carboxylic acid groups (broad SMARTS) is 1. The molecule has 74 valence electrons. The Bertz CT molecular complexity index is 322. The van der Waals surface area contributed by atoms with Crippen LogP contribution in [0.1, 0.15) is 0 Å². The van der Waals surface area contributed by atoms with Crippen LogP contribution in [-0.2, 0) is 4.79 Å². The van der Waals surface area contributed by atoms with Gasteiger partial charge in [-0.1, -0.05) is 48.5 Å². The molecule has 0 saturated carbocycles. The molecule has 0 spiro atoms. The topological polar surface area (TPSA) is 37.3 Å². The van der Waals surface area contributed by atoms with Crippen molar-refractivity contribution in [1.29, 1.82) is 0 Å². The van der Waals surface area contributed by atoms with Crippen molar-refractivity contribution in [2.75, 3.05) is 0 Å². The Morgan fingerprint density at radius 3 is 1.29 bits per heavy atom. The Hall–Kier alpha value is -1.35. The predicted molar refractivity (Wildman–Crippen MR) is 63.0 cm³/mol. The van der Waals surface area contributed by atoms with Crippen molar-refractivity contribution < 1.29 is 9.90 Å². The van der Waals surface area contributed by atoms with Crippen molar-refractivity contribution in [1.82, 2.24) is 0 Å². The lowest BCUT2D eigenvalue weighted by atomic mass is 10.1. The maximum atomic E-state index is 8.36. The molecule has 0 atom stereocenters. The highest BCUT2D eigenvalue weighted by molar-refractivity contribution is 8.93. The van der Waals surface area contributed by atoms with Crippen LogP contribution in [0.25, 0.3) is 10.8 Å². The Labute approximate surface area is 93.0 Å². The highest BCUT2D eigenvalue weighted by Crippen LogP contribution is 2.11. The molecular formula is C11H11BrO2. The number of fused-ring (bicyclic) bond motifs is 1.